The fraction of sp³-hybridized carbons (Fsp3) is 0.857. The number of hydrogen-bond acceptors (Lipinski definition) is 3. The van der Waals surface area contributed by atoms with Crippen molar-refractivity contribution in [2.75, 3.05) is 6.54 Å². The molecular weight excluding hydrogens is 244 g/mol. The zero-order valence-electron chi connectivity index (χ0n) is 13.2. The Hall–Kier alpha value is -1.10. The summed E-state index contributed by atoms with van der Waals surface area (Å²) in [5.74, 6) is -1.13. The molecule has 0 radical (unpaired) electrons. The lowest BCUT2D eigenvalue weighted by Crippen LogP contribution is -2.58. The van der Waals surface area contributed by atoms with Crippen molar-refractivity contribution in [1.82, 2.24) is 10.2 Å². The molecule has 5 nitrogen and oxygen atoms in total. The molecule has 2 atom stereocenters. The van der Waals surface area contributed by atoms with Crippen LogP contribution in [0.5, 0.6) is 0 Å². The van der Waals surface area contributed by atoms with E-state index in [-0.39, 0.29) is 23.4 Å². The molecule has 0 aromatic heterocycles. The molecule has 0 fully saturated rings. The maximum atomic E-state index is 12.3. The Bertz CT molecular complexity index is 321. The van der Waals surface area contributed by atoms with Gasteiger partial charge in [-0.15, -0.1) is 0 Å². The molecule has 0 aliphatic carbocycles. The topological polar surface area (TPSA) is 69.6 Å². The molecule has 0 saturated heterocycles. The van der Waals surface area contributed by atoms with E-state index in [1.807, 2.05) is 20.8 Å². The van der Waals surface area contributed by atoms with Crippen molar-refractivity contribution in [2.45, 2.75) is 66.1 Å². The van der Waals surface area contributed by atoms with Crippen molar-refractivity contribution in [1.29, 1.82) is 0 Å². The Labute approximate surface area is 116 Å². The van der Waals surface area contributed by atoms with Gasteiger partial charge in [-0.2, -0.15) is 0 Å². The monoisotopic (exact) mass is 272 g/mol. The number of hydrogen-bond donors (Lipinski definition) is 2. The number of nitrogens with one attached hydrogen (secondary N) is 1. The third-order valence-corrected chi connectivity index (χ3v) is 3.17. The van der Waals surface area contributed by atoms with Gasteiger partial charge in [0.15, 0.2) is 0 Å². The smallest absolute Gasteiger partial charge is 0.325 e. The van der Waals surface area contributed by atoms with Crippen molar-refractivity contribution in [3.8, 4) is 0 Å². The van der Waals surface area contributed by atoms with Gasteiger partial charge in [-0.1, -0.05) is 20.8 Å². The maximum Gasteiger partial charge on any atom is 0.325 e. The predicted octanol–water partition coefficient (Wildman–Crippen LogP) is 1.72. The summed E-state index contributed by atoms with van der Waals surface area (Å²) in [5, 5.41) is 11.4. The van der Waals surface area contributed by atoms with E-state index in [9.17, 15) is 9.59 Å². The summed E-state index contributed by atoms with van der Waals surface area (Å²) in [5.41, 5.74) is -0.145. The molecule has 0 rings (SSSR count). The lowest BCUT2D eigenvalue weighted by molar-refractivity contribution is -0.143. The fourth-order valence-corrected chi connectivity index (χ4v) is 2.25. The zero-order valence-corrected chi connectivity index (χ0v) is 13.2. The van der Waals surface area contributed by atoms with Crippen LogP contribution in [0.15, 0.2) is 0 Å². The molecule has 0 aliphatic heterocycles. The van der Waals surface area contributed by atoms with Crippen LogP contribution in [0, 0.1) is 5.92 Å². The average Bonchev–Trinajstić information content (AvgIpc) is 2.22. The first-order valence-electron chi connectivity index (χ1n) is 6.82. The van der Waals surface area contributed by atoms with Gasteiger partial charge in [-0.05, 0) is 40.2 Å². The number of carboxylic acids is 1. The number of rotatable bonds is 6. The highest BCUT2D eigenvalue weighted by Crippen LogP contribution is 2.21. The number of carbonyl (C=O) groups is 2. The Morgan fingerprint density at radius 3 is 1.95 bits per heavy atom. The molecule has 0 bridgehead atoms. The molecule has 0 aliphatic rings. The van der Waals surface area contributed by atoms with E-state index in [1.165, 1.54) is 6.92 Å². The third kappa shape index (κ3) is 5.19. The van der Waals surface area contributed by atoms with Crippen molar-refractivity contribution < 1.29 is 14.7 Å². The van der Waals surface area contributed by atoms with Crippen LogP contribution in [0.2, 0.25) is 0 Å². The van der Waals surface area contributed by atoms with Gasteiger partial charge in [0, 0.05) is 5.54 Å². The molecule has 0 heterocycles. The van der Waals surface area contributed by atoms with Crippen LogP contribution in [-0.2, 0) is 9.59 Å². The highest BCUT2D eigenvalue weighted by Gasteiger charge is 2.35. The summed E-state index contributed by atoms with van der Waals surface area (Å²) < 4.78 is 0. The number of aliphatic carboxylic acids is 1. The van der Waals surface area contributed by atoms with Crippen molar-refractivity contribution in [2.24, 2.45) is 5.92 Å². The first-order chi connectivity index (χ1) is 8.52. The average molecular weight is 272 g/mol. The van der Waals surface area contributed by atoms with Crippen molar-refractivity contribution >= 4 is 11.9 Å². The first kappa shape index (κ1) is 17.9. The van der Waals surface area contributed by atoms with Crippen LogP contribution in [0.25, 0.3) is 0 Å². The summed E-state index contributed by atoms with van der Waals surface area (Å²) >= 11 is 0. The first-order valence-corrected chi connectivity index (χ1v) is 6.82. The molecule has 0 aromatic rings. The highest BCUT2D eigenvalue weighted by molar-refractivity contribution is 5.87. The molecular formula is C14H28N2O3. The van der Waals surface area contributed by atoms with E-state index in [0.29, 0.717) is 0 Å². The quantitative estimate of drug-likeness (QED) is 0.772. The Morgan fingerprint density at radius 2 is 1.68 bits per heavy atom. The number of nitrogens with zero attached hydrogens (tertiary/aromatic N) is 1. The molecule has 5 heteroatoms. The Kier molecular flexibility index (Phi) is 6.49. The number of amides is 1. The van der Waals surface area contributed by atoms with Crippen LogP contribution < -0.4 is 5.32 Å². The van der Waals surface area contributed by atoms with Gasteiger partial charge in [0.1, 0.15) is 6.04 Å². The molecule has 0 aromatic carbocycles. The fourth-order valence-electron chi connectivity index (χ4n) is 2.25. The lowest BCUT2D eigenvalue weighted by Gasteiger charge is -2.42. The van der Waals surface area contributed by atoms with Gasteiger partial charge in [0.2, 0.25) is 5.91 Å². The summed E-state index contributed by atoms with van der Waals surface area (Å²) in [4.78, 5) is 25.3. The molecule has 0 spiro atoms. The SMILES string of the molecule is CCN(C(C(=O)NC(C)C(=O)O)C(C)C)C(C)(C)C. The van der Waals surface area contributed by atoms with E-state index in [1.54, 1.807) is 0 Å². The number of carboxylic acid groups (broad SMARTS) is 1. The maximum absolute atomic E-state index is 12.3. The van der Waals surface area contributed by atoms with Crippen molar-refractivity contribution in [3.63, 3.8) is 0 Å². The molecule has 1 amide bonds. The van der Waals surface area contributed by atoms with Crippen molar-refractivity contribution in [3.05, 3.63) is 0 Å². The summed E-state index contributed by atoms with van der Waals surface area (Å²) in [6.07, 6.45) is 0. The summed E-state index contributed by atoms with van der Waals surface area (Å²) in [6.45, 7) is 14.3. The number of carbonyl (C=O) groups excluding carboxylic acids is 1. The zero-order chi connectivity index (χ0) is 15.4. The van der Waals surface area contributed by atoms with E-state index in [0.717, 1.165) is 6.54 Å². The van der Waals surface area contributed by atoms with Crippen LogP contribution >= 0.6 is 0 Å². The minimum atomic E-state index is -1.02. The largest absolute Gasteiger partial charge is 0.480 e. The summed E-state index contributed by atoms with van der Waals surface area (Å²) in [7, 11) is 0. The molecule has 19 heavy (non-hydrogen) atoms. The van der Waals surface area contributed by atoms with Gasteiger partial charge >= 0.3 is 5.97 Å². The van der Waals surface area contributed by atoms with Crippen LogP contribution in [0.3, 0.4) is 0 Å². The molecule has 112 valence electrons. The van der Waals surface area contributed by atoms with Gasteiger partial charge in [0.05, 0.1) is 6.04 Å². The minimum Gasteiger partial charge on any atom is -0.480 e. The Morgan fingerprint density at radius 1 is 1.21 bits per heavy atom. The van der Waals surface area contributed by atoms with Gasteiger partial charge in [-0.25, -0.2) is 0 Å². The van der Waals surface area contributed by atoms with E-state index in [4.69, 9.17) is 5.11 Å². The second kappa shape index (κ2) is 6.89. The standard InChI is InChI=1S/C14H28N2O3/c1-8-16(14(5,6)7)11(9(2)3)12(17)15-10(4)13(18)19/h9-11H,8H2,1-7H3,(H,15,17)(H,18,19). The second-order valence-corrected chi connectivity index (χ2v) is 6.21. The normalized spacial score (nSPS) is 15.4. The van der Waals surface area contributed by atoms with E-state index in [2.05, 4.69) is 31.0 Å². The predicted molar refractivity (Wildman–Crippen MR) is 76.0 cm³/mol. The van der Waals surface area contributed by atoms with Gasteiger partial charge in [-0.3, -0.25) is 14.5 Å². The van der Waals surface area contributed by atoms with Gasteiger partial charge in [0.25, 0.3) is 0 Å². The Balaban J connectivity index is 5.10. The third-order valence-electron chi connectivity index (χ3n) is 3.17. The van der Waals surface area contributed by atoms with E-state index >= 15 is 0 Å². The van der Waals surface area contributed by atoms with Gasteiger partial charge < -0.3 is 10.4 Å². The second-order valence-electron chi connectivity index (χ2n) is 6.21. The molecule has 2 unspecified atom stereocenters. The summed E-state index contributed by atoms with van der Waals surface area (Å²) in [6, 6.07) is -1.20. The van der Waals surface area contributed by atoms with E-state index < -0.39 is 12.0 Å². The molecule has 2 N–H and O–H groups in total. The molecule has 0 saturated carbocycles. The van der Waals surface area contributed by atoms with Crippen LogP contribution in [0.1, 0.15) is 48.5 Å². The van der Waals surface area contributed by atoms with Crippen LogP contribution in [0.4, 0.5) is 0 Å². The van der Waals surface area contributed by atoms with Crippen LogP contribution in [-0.4, -0.2) is 46.1 Å². The lowest BCUT2D eigenvalue weighted by atomic mass is 9.95. The highest BCUT2D eigenvalue weighted by atomic mass is 16.4. The minimum absolute atomic E-state index is 0.111. The number of likely N-dealkylation sites (N-methyl/N-ethyl adjacent to an activating group) is 1.